The normalized spacial score (nSPS) is 14.8. The van der Waals surface area contributed by atoms with Gasteiger partial charge in [0.15, 0.2) is 0 Å². The smallest absolute Gasteiger partial charge is 0.128 e. The molecule has 0 amide bonds. The Morgan fingerprint density at radius 3 is 2.75 bits per heavy atom. The average Bonchev–Trinajstić information content (AvgIpc) is 3.26. The molecule has 0 aromatic carbocycles. The minimum absolute atomic E-state index is 0.674. The molecule has 0 saturated heterocycles. The highest BCUT2D eigenvalue weighted by Gasteiger charge is 2.30. The van der Waals surface area contributed by atoms with Crippen LogP contribution in [0, 0.1) is 5.92 Å². The van der Waals surface area contributed by atoms with Crippen molar-refractivity contribution < 1.29 is 4.74 Å². The standard InChI is InChI=1S/C16H27N3O/c1-13(2)12-19(15-5-6-15)16-7-4-14(11-18-16)10-17-8-9-20-3/h4,7,11,13,15,17H,5-6,8-10,12H2,1-3H3. The fraction of sp³-hybridized carbons (Fsp3) is 0.688. The summed E-state index contributed by atoms with van der Waals surface area (Å²) >= 11 is 0. The van der Waals surface area contributed by atoms with Gasteiger partial charge in [-0.1, -0.05) is 19.9 Å². The molecule has 0 radical (unpaired) electrons. The predicted octanol–water partition coefficient (Wildman–Crippen LogP) is 2.44. The quantitative estimate of drug-likeness (QED) is 0.704. The highest BCUT2D eigenvalue weighted by atomic mass is 16.5. The van der Waals surface area contributed by atoms with Crippen molar-refractivity contribution in [2.45, 2.75) is 39.3 Å². The lowest BCUT2D eigenvalue weighted by molar-refractivity contribution is 0.199. The highest BCUT2D eigenvalue weighted by molar-refractivity contribution is 5.42. The van der Waals surface area contributed by atoms with Gasteiger partial charge in [0, 0.05) is 39.0 Å². The van der Waals surface area contributed by atoms with Crippen LogP contribution >= 0.6 is 0 Å². The van der Waals surface area contributed by atoms with E-state index < -0.39 is 0 Å². The number of rotatable bonds is 9. The summed E-state index contributed by atoms with van der Waals surface area (Å²) in [6.07, 6.45) is 4.62. The molecular formula is C16H27N3O. The number of ether oxygens (including phenoxy) is 1. The van der Waals surface area contributed by atoms with Crippen LogP contribution in [0.5, 0.6) is 0 Å². The van der Waals surface area contributed by atoms with Crippen LogP contribution < -0.4 is 10.2 Å². The van der Waals surface area contributed by atoms with E-state index in [-0.39, 0.29) is 0 Å². The third kappa shape index (κ3) is 4.76. The Balaban J connectivity index is 1.88. The van der Waals surface area contributed by atoms with Crippen molar-refractivity contribution in [3.63, 3.8) is 0 Å². The molecule has 1 N–H and O–H groups in total. The van der Waals surface area contributed by atoms with Crippen molar-refractivity contribution in [2.75, 3.05) is 31.7 Å². The third-order valence-electron chi connectivity index (χ3n) is 3.46. The summed E-state index contributed by atoms with van der Waals surface area (Å²) in [4.78, 5) is 7.11. The van der Waals surface area contributed by atoms with E-state index in [0.29, 0.717) is 5.92 Å². The van der Waals surface area contributed by atoms with E-state index in [9.17, 15) is 0 Å². The van der Waals surface area contributed by atoms with Crippen LogP contribution in [-0.2, 0) is 11.3 Å². The Morgan fingerprint density at radius 2 is 2.20 bits per heavy atom. The number of hydrogen-bond donors (Lipinski definition) is 1. The Labute approximate surface area is 122 Å². The minimum Gasteiger partial charge on any atom is -0.383 e. The van der Waals surface area contributed by atoms with Gasteiger partial charge in [0.1, 0.15) is 5.82 Å². The number of nitrogens with one attached hydrogen (secondary N) is 1. The summed E-state index contributed by atoms with van der Waals surface area (Å²) < 4.78 is 5.02. The Bertz CT molecular complexity index is 387. The molecule has 1 aromatic heterocycles. The van der Waals surface area contributed by atoms with Gasteiger partial charge in [-0.25, -0.2) is 4.98 Å². The molecule has 112 valence electrons. The zero-order valence-corrected chi connectivity index (χ0v) is 12.9. The maximum atomic E-state index is 5.02. The van der Waals surface area contributed by atoms with Crippen molar-refractivity contribution in [3.8, 4) is 0 Å². The number of methoxy groups -OCH3 is 1. The second-order valence-electron chi connectivity index (χ2n) is 5.97. The molecule has 1 aromatic rings. The Kier molecular flexibility index (Phi) is 5.80. The van der Waals surface area contributed by atoms with E-state index in [1.165, 1.54) is 18.4 Å². The van der Waals surface area contributed by atoms with Crippen molar-refractivity contribution in [3.05, 3.63) is 23.9 Å². The molecular weight excluding hydrogens is 250 g/mol. The monoisotopic (exact) mass is 277 g/mol. The first kappa shape index (κ1) is 15.3. The molecule has 2 rings (SSSR count). The first-order chi connectivity index (χ1) is 9.70. The van der Waals surface area contributed by atoms with Crippen molar-refractivity contribution >= 4 is 5.82 Å². The molecule has 20 heavy (non-hydrogen) atoms. The van der Waals surface area contributed by atoms with E-state index in [2.05, 4.69) is 41.2 Å². The Hall–Kier alpha value is -1.13. The van der Waals surface area contributed by atoms with E-state index in [1.54, 1.807) is 7.11 Å². The molecule has 0 aliphatic heterocycles. The lowest BCUT2D eigenvalue weighted by Gasteiger charge is -2.25. The summed E-state index contributed by atoms with van der Waals surface area (Å²) in [6.45, 7) is 8.11. The van der Waals surface area contributed by atoms with Gasteiger partial charge in [0.05, 0.1) is 6.61 Å². The van der Waals surface area contributed by atoms with Gasteiger partial charge in [-0.15, -0.1) is 0 Å². The zero-order valence-electron chi connectivity index (χ0n) is 12.9. The summed E-state index contributed by atoms with van der Waals surface area (Å²) in [6, 6.07) is 5.06. The molecule has 1 heterocycles. The van der Waals surface area contributed by atoms with Crippen LogP contribution in [0.4, 0.5) is 5.82 Å². The van der Waals surface area contributed by atoms with Crippen molar-refractivity contribution in [1.29, 1.82) is 0 Å². The Morgan fingerprint density at radius 1 is 1.40 bits per heavy atom. The van der Waals surface area contributed by atoms with Crippen LogP contribution in [-0.4, -0.2) is 37.8 Å². The molecule has 0 unspecified atom stereocenters. The van der Waals surface area contributed by atoms with Gasteiger partial charge in [0.2, 0.25) is 0 Å². The third-order valence-corrected chi connectivity index (χ3v) is 3.46. The largest absolute Gasteiger partial charge is 0.383 e. The van der Waals surface area contributed by atoms with E-state index in [1.807, 2.05) is 6.20 Å². The molecule has 0 bridgehead atoms. The first-order valence-corrected chi connectivity index (χ1v) is 7.62. The van der Waals surface area contributed by atoms with Crippen LogP contribution in [0.15, 0.2) is 18.3 Å². The molecule has 1 saturated carbocycles. The van der Waals surface area contributed by atoms with E-state index >= 15 is 0 Å². The summed E-state index contributed by atoms with van der Waals surface area (Å²) in [7, 11) is 1.72. The van der Waals surface area contributed by atoms with Gasteiger partial charge in [-0.3, -0.25) is 0 Å². The molecule has 4 heteroatoms. The fourth-order valence-electron chi connectivity index (χ4n) is 2.31. The summed E-state index contributed by atoms with van der Waals surface area (Å²) in [5.74, 6) is 1.80. The number of nitrogens with zero attached hydrogens (tertiary/aromatic N) is 2. The topological polar surface area (TPSA) is 37.4 Å². The van der Waals surface area contributed by atoms with Crippen molar-refractivity contribution in [1.82, 2.24) is 10.3 Å². The lowest BCUT2D eigenvalue weighted by atomic mass is 10.2. The number of pyridine rings is 1. The fourth-order valence-corrected chi connectivity index (χ4v) is 2.31. The summed E-state index contributed by atoms with van der Waals surface area (Å²) in [5, 5.41) is 3.34. The average molecular weight is 277 g/mol. The van der Waals surface area contributed by atoms with Gasteiger partial charge in [0.25, 0.3) is 0 Å². The lowest BCUT2D eigenvalue weighted by Crippen LogP contribution is -2.30. The first-order valence-electron chi connectivity index (χ1n) is 7.62. The molecule has 0 atom stereocenters. The molecule has 0 spiro atoms. The van der Waals surface area contributed by atoms with Crippen LogP contribution in [0.25, 0.3) is 0 Å². The molecule has 1 fully saturated rings. The van der Waals surface area contributed by atoms with Crippen molar-refractivity contribution in [2.24, 2.45) is 5.92 Å². The number of hydrogen-bond acceptors (Lipinski definition) is 4. The van der Waals surface area contributed by atoms with Gasteiger partial charge >= 0.3 is 0 Å². The van der Waals surface area contributed by atoms with Crippen LogP contribution in [0.3, 0.4) is 0 Å². The number of anilines is 1. The van der Waals surface area contributed by atoms with E-state index in [4.69, 9.17) is 4.74 Å². The van der Waals surface area contributed by atoms with E-state index in [0.717, 1.165) is 38.1 Å². The van der Waals surface area contributed by atoms with Gasteiger partial charge in [-0.05, 0) is 30.4 Å². The zero-order chi connectivity index (χ0) is 14.4. The van der Waals surface area contributed by atoms with Crippen LogP contribution in [0.2, 0.25) is 0 Å². The predicted molar refractivity (Wildman–Crippen MR) is 83.0 cm³/mol. The minimum atomic E-state index is 0.674. The number of aromatic nitrogens is 1. The maximum Gasteiger partial charge on any atom is 0.128 e. The second-order valence-corrected chi connectivity index (χ2v) is 5.97. The summed E-state index contributed by atoms with van der Waals surface area (Å²) in [5.41, 5.74) is 1.23. The molecule has 1 aliphatic carbocycles. The highest BCUT2D eigenvalue weighted by Crippen LogP contribution is 2.31. The van der Waals surface area contributed by atoms with Gasteiger partial charge < -0.3 is 15.0 Å². The SMILES string of the molecule is COCCNCc1ccc(N(CC(C)C)C2CC2)nc1. The van der Waals surface area contributed by atoms with Crippen LogP contribution in [0.1, 0.15) is 32.3 Å². The molecule has 4 nitrogen and oxygen atoms in total. The second kappa shape index (κ2) is 7.60. The van der Waals surface area contributed by atoms with Gasteiger partial charge in [-0.2, -0.15) is 0 Å². The molecule has 1 aliphatic rings. The maximum absolute atomic E-state index is 5.02.